The summed E-state index contributed by atoms with van der Waals surface area (Å²) >= 11 is 0. The maximum Gasteiger partial charge on any atom is 0.145 e. The van der Waals surface area contributed by atoms with Gasteiger partial charge in [0.15, 0.2) is 0 Å². The minimum atomic E-state index is 0.127. The normalized spacial score (nSPS) is 10.9. The summed E-state index contributed by atoms with van der Waals surface area (Å²) in [4.78, 5) is 6.11. The molecule has 0 bridgehead atoms. The number of rotatable bonds is 5. The molecule has 2 rings (SSSR count). The number of hydrogen-bond acceptors (Lipinski definition) is 5. The maximum atomic E-state index is 10.0. The van der Waals surface area contributed by atoms with Gasteiger partial charge in [0.25, 0.3) is 0 Å². The molecule has 0 aliphatic rings. The van der Waals surface area contributed by atoms with Crippen molar-refractivity contribution in [3.63, 3.8) is 0 Å². The molecule has 1 N–H and O–H groups in total. The molecule has 0 fully saturated rings. The van der Waals surface area contributed by atoms with Crippen LogP contribution in [0.25, 0.3) is 0 Å². The summed E-state index contributed by atoms with van der Waals surface area (Å²) in [5, 5.41) is 18.1. The Balaban J connectivity index is 2.20. The van der Waals surface area contributed by atoms with E-state index in [-0.39, 0.29) is 5.75 Å². The highest BCUT2D eigenvalue weighted by Gasteiger charge is 2.06. The van der Waals surface area contributed by atoms with Crippen LogP contribution in [0.2, 0.25) is 0 Å². The molecule has 0 spiro atoms. The van der Waals surface area contributed by atoms with E-state index in [2.05, 4.69) is 34.0 Å². The maximum absolute atomic E-state index is 10.0. The van der Waals surface area contributed by atoms with Crippen molar-refractivity contribution in [1.29, 1.82) is 0 Å². The fourth-order valence-corrected chi connectivity index (χ4v) is 1.91. The van der Waals surface area contributed by atoms with Crippen LogP contribution in [0, 0.1) is 0 Å². The number of phenolic OH excluding ortho intramolecular Hbond substituents is 1. The number of aromatic nitrogens is 1. The third-order valence-electron chi connectivity index (χ3n) is 3.01. The van der Waals surface area contributed by atoms with Crippen LogP contribution in [0.4, 0.5) is 17.1 Å². The smallest absolute Gasteiger partial charge is 0.145 e. The molecule has 2 aromatic rings. The van der Waals surface area contributed by atoms with E-state index in [1.807, 2.05) is 6.07 Å². The van der Waals surface area contributed by atoms with Gasteiger partial charge in [-0.15, -0.1) is 10.2 Å². The van der Waals surface area contributed by atoms with Gasteiger partial charge < -0.3 is 10.0 Å². The lowest BCUT2D eigenvalue weighted by Crippen LogP contribution is -2.21. The van der Waals surface area contributed by atoms with Crippen molar-refractivity contribution in [2.24, 2.45) is 10.2 Å². The predicted octanol–water partition coefficient (Wildman–Crippen LogP) is 4.05. The number of azo groups is 1. The van der Waals surface area contributed by atoms with Crippen LogP contribution in [-0.4, -0.2) is 23.2 Å². The SMILES string of the molecule is CCN(CC)c1ccc(N=Nc2cccnc2)c(O)c1. The Hall–Kier alpha value is -2.43. The largest absolute Gasteiger partial charge is 0.506 e. The van der Waals surface area contributed by atoms with Crippen LogP contribution in [-0.2, 0) is 0 Å². The van der Waals surface area contributed by atoms with Crippen LogP contribution in [0.1, 0.15) is 13.8 Å². The average Bonchev–Trinajstić information content (AvgIpc) is 2.49. The lowest BCUT2D eigenvalue weighted by atomic mass is 10.2. The fraction of sp³-hybridized carbons (Fsp3) is 0.267. The molecule has 20 heavy (non-hydrogen) atoms. The lowest BCUT2D eigenvalue weighted by Gasteiger charge is -2.21. The van der Waals surface area contributed by atoms with Crippen LogP contribution < -0.4 is 4.90 Å². The van der Waals surface area contributed by atoms with Crippen LogP contribution in [0.15, 0.2) is 53.0 Å². The number of hydrogen-bond donors (Lipinski definition) is 1. The third-order valence-corrected chi connectivity index (χ3v) is 3.01. The summed E-state index contributed by atoms with van der Waals surface area (Å²) in [6.07, 6.45) is 3.29. The Labute approximate surface area is 118 Å². The lowest BCUT2D eigenvalue weighted by molar-refractivity contribution is 0.476. The fourth-order valence-electron chi connectivity index (χ4n) is 1.91. The monoisotopic (exact) mass is 270 g/mol. The first-order valence-electron chi connectivity index (χ1n) is 6.64. The van der Waals surface area contributed by atoms with E-state index in [1.54, 1.807) is 36.7 Å². The standard InChI is InChI=1S/C15H18N4O/c1-3-19(4-2)13-7-8-14(15(20)10-13)18-17-12-6-5-9-16-11-12/h5-11,20H,3-4H2,1-2H3. The zero-order valence-electron chi connectivity index (χ0n) is 11.7. The first-order chi connectivity index (χ1) is 9.74. The highest BCUT2D eigenvalue weighted by atomic mass is 16.3. The van der Waals surface area contributed by atoms with Crippen molar-refractivity contribution < 1.29 is 5.11 Å². The van der Waals surface area contributed by atoms with Crippen LogP contribution in [0.5, 0.6) is 5.75 Å². The quantitative estimate of drug-likeness (QED) is 0.834. The summed E-state index contributed by atoms with van der Waals surface area (Å²) in [5.41, 5.74) is 2.08. The number of phenols is 1. The number of aromatic hydroxyl groups is 1. The Kier molecular flexibility index (Phi) is 4.65. The van der Waals surface area contributed by atoms with E-state index in [4.69, 9.17) is 0 Å². The molecule has 0 unspecified atom stereocenters. The minimum Gasteiger partial charge on any atom is -0.506 e. The van der Waals surface area contributed by atoms with Gasteiger partial charge in [0.1, 0.15) is 17.1 Å². The number of benzene rings is 1. The van der Waals surface area contributed by atoms with E-state index in [1.165, 1.54) is 0 Å². The van der Waals surface area contributed by atoms with Crippen LogP contribution >= 0.6 is 0 Å². The van der Waals surface area contributed by atoms with E-state index in [0.29, 0.717) is 11.4 Å². The van der Waals surface area contributed by atoms with Gasteiger partial charge in [0, 0.05) is 31.0 Å². The van der Waals surface area contributed by atoms with E-state index < -0.39 is 0 Å². The Morgan fingerprint density at radius 1 is 1.15 bits per heavy atom. The molecule has 0 amide bonds. The zero-order chi connectivity index (χ0) is 14.4. The topological polar surface area (TPSA) is 61.1 Å². The zero-order valence-corrected chi connectivity index (χ0v) is 11.7. The van der Waals surface area contributed by atoms with Crippen molar-refractivity contribution in [3.8, 4) is 5.75 Å². The number of nitrogens with zero attached hydrogens (tertiary/aromatic N) is 4. The van der Waals surface area contributed by atoms with Crippen LogP contribution in [0.3, 0.4) is 0 Å². The molecule has 0 saturated heterocycles. The first-order valence-corrected chi connectivity index (χ1v) is 6.64. The molecule has 104 valence electrons. The molecule has 0 atom stereocenters. The average molecular weight is 270 g/mol. The van der Waals surface area contributed by atoms with Crippen molar-refractivity contribution in [3.05, 3.63) is 42.7 Å². The molecular weight excluding hydrogens is 252 g/mol. The summed E-state index contributed by atoms with van der Waals surface area (Å²) in [6, 6.07) is 9.01. The molecule has 0 saturated carbocycles. The Bertz CT molecular complexity index is 580. The van der Waals surface area contributed by atoms with Crippen molar-refractivity contribution in [2.75, 3.05) is 18.0 Å². The van der Waals surface area contributed by atoms with Crippen molar-refractivity contribution in [1.82, 2.24) is 4.98 Å². The van der Waals surface area contributed by atoms with E-state index in [9.17, 15) is 5.11 Å². The third kappa shape index (κ3) is 3.32. The van der Waals surface area contributed by atoms with E-state index in [0.717, 1.165) is 18.8 Å². The first kappa shape index (κ1) is 14.0. The molecule has 1 heterocycles. The van der Waals surface area contributed by atoms with Crippen molar-refractivity contribution in [2.45, 2.75) is 13.8 Å². The molecule has 0 aliphatic carbocycles. The summed E-state index contributed by atoms with van der Waals surface area (Å²) in [7, 11) is 0. The number of pyridine rings is 1. The van der Waals surface area contributed by atoms with Gasteiger partial charge in [0.2, 0.25) is 0 Å². The second kappa shape index (κ2) is 6.65. The second-order valence-electron chi connectivity index (χ2n) is 4.26. The molecule has 1 aromatic heterocycles. The van der Waals surface area contributed by atoms with Gasteiger partial charge >= 0.3 is 0 Å². The minimum absolute atomic E-state index is 0.127. The van der Waals surface area contributed by atoms with Gasteiger partial charge in [0.05, 0.1) is 6.20 Å². The summed E-state index contributed by atoms with van der Waals surface area (Å²) in [5.74, 6) is 0.127. The molecule has 0 radical (unpaired) electrons. The van der Waals surface area contributed by atoms with Gasteiger partial charge in [-0.2, -0.15) is 0 Å². The van der Waals surface area contributed by atoms with Gasteiger partial charge in [-0.05, 0) is 38.1 Å². The van der Waals surface area contributed by atoms with Gasteiger partial charge in [-0.25, -0.2) is 0 Å². The highest BCUT2D eigenvalue weighted by molar-refractivity contribution is 5.61. The molecular formula is C15H18N4O. The summed E-state index contributed by atoms with van der Waals surface area (Å²) in [6.45, 7) is 5.95. The second-order valence-corrected chi connectivity index (χ2v) is 4.26. The van der Waals surface area contributed by atoms with Gasteiger partial charge in [-0.3, -0.25) is 4.98 Å². The van der Waals surface area contributed by atoms with E-state index >= 15 is 0 Å². The molecule has 5 nitrogen and oxygen atoms in total. The van der Waals surface area contributed by atoms with Crippen molar-refractivity contribution >= 4 is 17.1 Å². The molecule has 0 aliphatic heterocycles. The molecule has 1 aromatic carbocycles. The van der Waals surface area contributed by atoms with Gasteiger partial charge in [-0.1, -0.05) is 0 Å². The predicted molar refractivity (Wildman–Crippen MR) is 80.1 cm³/mol. The highest BCUT2D eigenvalue weighted by Crippen LogP contribution is 2.32. The summed E-state index contributed by atoms with van der Waals surface area (Å²) < 4.78 is 0. The Morgan fingerprint density at radius 3 is 2.55 bits per heavy atom. The molecule has 5 heteroatoms. The Morgan fingerprint density at radius 2 is 1.95 bits per heavy atom. The number of anilines is 1.